The van der Waals surface area contributed by atoms with Gasteiger partial charge in [-0.15, -0.1) is 0 Å². The van der Waals surface area contributed by atoms with Gasteiger partial charge >= 0.3 is 6.09 Å². The van der Waals surface area contributed by atoms with Gasteiger partial charge in [-0.25, -0.2) is 9.18 Å². The molecule has 35 heavy (non-hydrogen) atoms. The second-order valence-corrected chi connectivity index (χ2v) is 9.62. The Bertz CT molecular complexity index is 1070. The van der Waals surface area contributed by atoms with Gasteiger partial charge in [0.15, 0.2) is 0 Å². The second kappa shape index (κ2) is 10.6. The van der Waals surface area contributed by atoms with E-state index in [1.807, 2.05) is 17.0 Å². The maximum atomic E-state index is 13.4. The number of likely N-dealkylation sites (tertiary alicyclic amines) is 2. The van der Waals surface area contributed by atoms with Gasteiger partial charge in [0.2, 0.25) is 11.8 Å². The molecule has 7 nitrogen and oxygen atoms in total. The van der Waals surface area contributed by atoms with Crippen LogP contribution in [0.4, 0.5) is 9.18 Å². The molecule has 0 aromatic heterocycles. The van der Waals surface area contributed by atoms with Crippen molar-refractivity contribution >= 4 is 29.5 Å². The summed E-state index contributed by atoms with van der Waals surface area (Å²) in [5, 5.41) is 0.609. The molecule has 2 saturated heterocycles. The zero-order valence-electron chi connectivity index (χ0n) is 19.8. The van der Waals surface area contributed by atoms with Crippen molar-refractivity contribution in [3.8, 4) is 5.75 Å². The Morgan fingerprint density at radius 3 is 2.20 bits per heavy atom. The summed E-state index contributed by atoms with van der Waals surface area (Å²) >= 11 is 6.08. The smallest absolute Gasteiger partial charge is 0.410 e. The van der Waals surface area contributed by atoms with Gasteiger partial charge in [0.25, 0.3) is 0 Å². The molecule has 0 aliphatic carbocycles. The highest BCUT2D eigenvalue weighted by molar-refractivity contribution is 6.30. The van der Waals surface area contributed by atoms with Crippen LogP contribution in [0.15, 0.2) is 48.5 Å². The second-order valence-electron chi connectivity index (χ2n) is 9.18. The number of halogens is 2. The first-order chi connectivity index (χ1) is 16.7. The number of nitrogens with zero attached hydrogens (tertiary/aromatic N) is 3. The summed E-state index contributed by atoms with van der Waals surface area (Å²) < 4.78 is 18.7. The lowest BCUT2D eigenvalue weighted by molar-refractivity contribution is -0.139. The van der Waals surface area contributed by atoms with Gasteiger partial charge in [0.1, 0.15) is 11.6 Å². The highest BCUT2D eigenvalue weighted by atomic mass is 35.5. The molecule has 0 saturated carbocycles. The predicted octanol–water partition coefficient (Wildman–Crippen LogP) is 4.16. The van der Waals surface area contributed by atoms with Gasteiger partial charge in [-0.2, -0.15) is 0 Å². The Balaban J connectivity index is 1.50. The van der Waals surface area contributed by atoms with E-state index in [9.17, 15) is 18.8 Å². The molecule has 4 rings (SSSR count). The summed E-state index contributed by atoms with van der Waals surface area (Å²) in [6.07, 6.45) is 0.686. The number of ether oxygens (including phenoxy) is 1. The van der Waals surface area contributed by atoms with E-state index in [1.54, 1.807) is 31.0 Å². The van der Waals surface area contributed by atoms with E-state index in [1.165, 1.54) is 29.2 Å². The van der Waals surface area contributed by atoms with E-state index in [0.29, 0.717) is 44.0 Å². The standard InChI is InChI=1S/C26H29ClFN3O4/c1-17(32)30-13-11-19(12-14-30)25(33)31-15-23(18-3-5-20(27)6-4-18)24(16-31)29(2)26(34)35-22-9-7-21(28)8-10-22/h3-10,19,23-24H,11-16H2,1-2H3. The minimum absolute atomic E-state index is 0.0289. The quantitative estimate of drug-likeness (QED) is 0.630. The maximum absolute atomic E-state index is 13.4. The summed E-state index contributed by atoms with van der Waals surface area (Å²) in [6, 6.07) is 12.4. The van der Waals surface area contributed by atoms with Gasteiger partial charge in [0, 0.05) is 57.0 Å². The molecule has 0 spiro atoms. The fourth-order valence-corrected chi connectivity index (χ4v) is 5.03. The Morgan fingerprint density at radius 2 is 1.60 bits per heavy atom. The Kier molecular flexibility index (Phi) is 7.60. The summed E-state index contributed by atoms with van der Waals surface area (Å²) in [6.45, 7) is 3.53. The van der Waals surface area contributed by atoms with Crippen molar-refractivity contribution < 1.29 is 23.5 Å². The lowest BCUT2D eigenvalue weighted by Gasteiger charge is -2.32. The van der Waals surface area contributed by atoms with E-state index < -0.39 is 11.9 Å². The zero-order chi connectivity index (χ0) is 25.1. The van der Waals surface area contributed by atoms with Crippen molar-refractivity contribution in [1.29, 1.82) is 0 Å². The molecule has 0 N–H and O–H groups in total. The fourth-order valence-electron chi connectivity index (χ4n) is 4.91. The van der Waals surface area contributed by atoms with Gasteiger partial charge in [-0.05, 0) is 54.8 Å². The molecule has 2 unspecified atom stereocenters. The number of carbonyl (C=O) groups is 3. The number of hydrogen-bond acceptors (Lipinski definition) is 4. The number of amides is 3. The third-order valence-electron chi connectivity index (χ3n) is 6.99. The van der Waals surface area contributed by atoms with Gasteiger partial charge < -0.3 is 19.4 Å². The maximum Gasteiger partial charge on any atom is 0.415 e. The summed E-state index contributed by atoms with van der Waals surface area (Å²) in [7, 11) is 1.65. The molecule has 9 heteroatoms. The van der Waals surface area contributed by atoms with Gasteiger partial charge in [-0.3, -0.25) is 9.59 Å². The molecular formula is C26H29ClFN3O4. The highest BCUT2D eigenvalue weighted by Crippen LogP contribution is 2.34. The van der Waals surface area contributed by atoms with Gasteiger partial charge in [-0.1, -0.05) is 23.7 Å². The van der Waals surface area contributed by atoms with Gasteiger partial charge in [0.05, 0.1) is 6.04 Å². The lowest BCUT2D eigenvalue weighted by atomic mass is 9.93. The first-order valence-corrected chi connectivity index (χ1v) is 12.1. The molecule has 2 aromatic rings. The molecule has 0 bridgehead atoms. The largest absolute Gasteiger partial charge is 0.415 e. The van der Waals surface area contributed by atoms with Crippen molar-refractivity contribution in [3.63, 3.8) is 0 Å². The Hall–Kier alpha value is -3.13. The molecule has 0 radical (unpaired) electrons. The third-order valence-corrected chi connectivity index (χ3v) is 7.24. The molecule has 2 aliphatic rings. The number of hydrogen-bond donors (Lipinski definition) is 0. The number of likely N-dealkylation sites (N-methyl/N-ethyl adjacent to an activating group) is 1. The molecular weight excluding hydrogens is 473 g/mol. The van der Waals surface area contributed by atoms with E-state index in [-0.39, 0.29) is 35.4 Å². The summed E-state index contributed by atoms with van der Waals surface area (Å²) in [5.41, 5.74) is 0.975. The predicted molar refractivity (Wildman–Crippen MR) is 130 cm³/mol. The van der Waals surface area contributed by atoms with Crippen LogP contribution in [-0.2, 0) is 9.59 Å². The average Bonchev–Trinajstić information content (AvgIpc) is 3.30. The van der Waals surface area contributed by atoms with E-state index >= 15 is 0 Å². The van der Waals surface area contributed by atoms with Crippen LogP contribution in [-0.4, -0.2) is 71.9 Å². The molecule has 2 fully saturated rings. The molecule has 2 aromatic carbocycles. The highest BCUT2D eigenvalue weighted by Gasteiger charge is 2.42. The minimum atomic E-state index is -0.579. The van der Waals surface area contributed by atoms with Crippen molar-refractivity contribution in [1.82, 2.24) is 14.7 Å². The molecule has 3 amide bonds. The SMILES string of the molecule is CC(=O)N1CCC(C(=O)N2CC(c3ccc(Cl)cc3)C(N(C)C(=O)Oc3ccc(F)cc3)C2)CC1. The van der Waals surface area contributed by atoms with Crippen molar-refractivity contribution in [3.05, 3.63) is 64.9 Å². The summed E-state index contributed by atoms with van der Waals surface area (Å²) in [4.78, 5) is 43.1. The van der Waals surface area contributed by atoms with Crippen molar-refractivity contribution in [2.75, 3.05) is 33.2 Å². The molecule has 2 heterocycles. The van der Waals surface area contributed by atoms with Crippen molar-refractivity contribution in [2.45, 2.75) is 31.7 Å². The lowest BCUT2D eigenvalue weighted by Crippen LogP contribution is -2.45. The van der Waals surface area contributed by atoms with Crippen LogP contribution < -0.4 is 4.74 Å². The third kappa shape index (κ3) is 5.75. The van der Waals surface area contributed by atoms with Crippen LogP contribution in [0.1, 0.15) is 31.2 Å². The monoisotopic (exact) mass is 501 g/mol. The first kappa shape index (κ1) is 25.0. The molecule has 2 aliphatic heterocycles. The number of benzene rings is 2. The van der Waals surface area contributed by atoms with Crippen LogP contribution in [0.2, 0.25) is 5.02 Å². The van der Waals surface area contributed by atoms with Crippen LogP contribution in [0, 0.1) is 11.7 Å². The first-order valence-electron chi connectivity index (χ1n) is 11.7. The van der Waals surface area contributed by atoms with Crippen LogP contribution in [0.25, 0.3) is 0 Å². The number of carbonyl (C=O) groups excluding carboxylic acids is 3. The molecule has 2 atom stereocenters. The van der Waals surface area contributed by atoms with E-state index in [2.05, 4.69) is 0 Å². The number of piperidine rings is 1. The Labute approximate surface area is 209 Å². The topological polar surface area (TPSA) is 70.2 Å². The van der Waals surface area contributed by atoms with E-state index in [0.717, 1.165) is 5.56 Å². The minimum Gasteiger partial charge on any atom is -0.410 e. The molecule has 186 valence electrons. The normalized spacial score (nSPS) is 20.6. The number of rotatable bonds is 4. The Morgan fingerprint density at radius 1 is 0.971 bits per heavy atom. The van der Waals surface area contributed by atoms with Crippen LogP contribution in [0.5, 0.6) is 5.75 Å². The fraction of sp³-hybridized carbons (Fsp3) is 0.423. The summed E-state index contributed by atoms with van der Waals surface area (Å²) in [5.74, 6) is -0.364. The van der Waals surface area contributed by atoms with E-state index in [4.69, 9.17) is 16.3 Å². The van der Waals surface area contributed by atoms with Crippen LogP contribution in [0.3, 0.4) is 0 Å². The zero-order valence-corrected chi connectivity index (χ0v) is 20.6. The van der Waals surface area contributed by atoms with Crippen LogP contribution >= 0.6 is 11.6 Å². The average molecular weight is 502 g/mol. The van der Waals surface area contributed by atoms with Crippen molar-refractivity contribution in [2.24, 2.45) is 5.92 Å².